The lowest BCUT2D eigenvalue weighted by molar-refractivity contribution is -0.138. The largest absolute Gasteiger partial charge is 0.416 e. The predicted molar refractivity (Wildman–Crippen MR) is 495 cm³/mol. The average molecular weight is 1810 g/mol. The van der Waals surface area contributed by atoms with Crippen molar-refractivity contribution in [3.05, 3.63) is 327 Å². The highest BCUT2D eigenvalue weighted by Crippen LogP contribution is 2.44. The van der Waals surface area contributed by atoms with Gasteiger partial charge in [-0.25, -0.2) is 4.39 Å². The maximum atomic E-state index is 14.1. The molecule has 0 amide bonds. The Balaban J connectivity index is 0.000000194. The maximum absolute atomic E-state index is 14.1. The molecule has 4 atom stereocenters. The monoisotopic (exact) mass is 1810 g/mol. The summed E-state index contributed by atoms with van der Waals surface area (Å²) in [7, 11) is 3.94. The number of alkyl halides is 12. The van der Waals surface area contributed by atoms with E-state index >= 15 is 0 Å². The van der Waals surface area contributed by atoms with Gasteiger partial charge in [-0.05, 0) is 304 Å². The van der Waals surface area contributed by atoms with E-state index in [1.807, 2.05) is 142 Å². The molecule has 0 heterocycles. The number of carbonyl (C=O) groups excluding carboxylic acids is 5. The van der Waals surface area contributed by atoms with Crippen LogP contribution in [0.1, 0.15) is 194 Å². The van der Waals surface area contributed by atoms with Crippen molar-refractivity contribution in [2.45, 2.75) is 164 Å². The molecule has 0 saturated carbocycles. The van der Waals surface area contributed by atoms with Gasteiger partial charge in [0.15, 0.2) is 5.78 Å². The first-order chi connectivity index (χ1) is 60.4. The highest BCUT2D eigenvalue weighted by molar-refractivity contribution is 6.31. The van der Waals surface area contributed by atoms with Crippen LogP contribution in [0.2, 0.25) is 10.0 Å². The molecule has 0 fully saturated rings. The van der Waals surface area contributed by atoms with E-state index in [2.05, 4.69) is 47.6 Å². The fourth-order valence-corrected chi connectivity index (χ4v) is 15.6. The van der Waals surface area contributed by atoms with Crippen molar-refractivity contribution in [1.29, 1.82) is 0 Å². The van der Waals surface area contributed by atoms with Crippen molar-refractivity contribution in [2.24, 2.45) is 23.7 Å². The van der Waals surface area contributed by atoms with Crippen molar-refractivity contribution >= 4 is 57.8 Å². The van der Waals surface area contributed by atoms with Gasteiger partial charge in [0.05, 0.1) is 27.3 Å². The normalized spacial score (nSPS) is 12.7. The lowest BCUT2D eigenvalue weighted by atomic mass is 9.84. The van der Waals surface area contributed by atoms with Crippen molar-refractivity contribution < 1.29 is 81.0 Å². The first-order valence-electron chi connectivity index (χ1n) is 42.3. The number of Topliss-reactive ketones (excluding diaryl/α,β-unsaturated/α-hetero) is 5. The zero-order valence-electron chi connectivity index (χ0n) is 74.4. The highest BCUT2D eigenvalue weighted by atomic mass is 35.5. The second kappa shape index (κ2) is 43.7. The maximum Gasteiger partial charge on any atom is 0.416 e. The molecule has 12 rings (SSSR count). The zero-order valence-corrected chi connectivity index (χ0v) is 75.9. The molecule has 0 bridgehead atoms. The van der Waals surface area contributed by atoms with Gasteiger partial charge < -0.3 is 4.90 Å². The van der Waals surface area contributed by atoms with Gasteiger partial charge in [0.2, 0.25) is 0 Å². The molecule has 6 nitrogen and oxygen atoms in total. The van der Waals surface area contributed by atoms with Crippen LogP contribution in [0.3, 0.4) is 0 Å². The Morgan fingerprint density at radius 1 is 0.279 bits per heavy atom. The molecule has 0 aliphatic heterocycles. The van der Waals surface area contributed by atoms with E-state index in [0.717, 1.165) is 127 Å². The van der Waals surface area contributed by atoms with E-state index in [1.165, 1.54) is 74.5 Å². The van der Waals surface area contributed by atoms with E-state index in [-0.39, 0.29) is 63.5 Å². The van der Waals surface area contributed by atoms with Gasteiger partial charge in [0, 0.05) is 54.0 Å². The number of carbonyl (C=O) groups is 5. The minimum Gasteiger partial charge on any atom is -0.378 e. The number of halogens is 15. The first-order valence-corrected chi connectivity index (χ1v) is 43.1. The van der Waals surface area contributed by atoms with E-state index in [1.54, 1.807) is 57.2 Å². The van der Waals surface area contributed by atoms with Crippen LogP contribution in [0.4, 0.5) is 62.8 Å². The number of ketones is 5. The van der Waals surface area contributed by atoms with Crippen LogP contribution < -0.4 is 4.90 Å². The molecule has 2 unspecified atom stereocenters. The Morgan fingerprint density at radius 2 is 0.504 bits per heavy atom. The van der Waals surface area contributed by atoms with Gasteiger partial charge >= 0.3 is 24.7 Å². The molecule has 12 aromatic carbocycles. The van der Waals surface area contributed by atoms with Crippen molar-refractivity contribution in [2.75, 3.05) is 19.0 Å². The highest BCUT2D eigenvalue weighted by Gasteiger charge is 2.35. The smallest absolute Gasteiger partial charge is 0.378 e. The lowest BCUT2D eigenvalue weighted by Gasteiger charge is -2.20. The van der Waals surface area contributed by atoms with Gasteiger partial charge in [0.25, 0.3) is 0 Å². The third kappa shape index (κ3) is 28.5. The molecule has 0 aromatic heterocycles. The van der Waals surface area contributed by atoms with Crippen molar-refractivity contribution in [1.82, 2.24) is 0 Å². The number of anilines is 1. The molecule has 0 spiro atoms. The van der Waals surface area contributed by atoms with Crippen LogP contribution in [-0.2, 0) is 43.9 Å². The van der Waals surface area contributed by atoms with Gasteiger partial charge in [-0.15, -0.1) is 0 Å². The van der Waals surface area contributed by atoms with Crippen LogP contribution in [0, 0.1) is 29.5 Å². The fourth-order valence-electron chi connectivity index (χ4n) is 15.4. The summed E-state index contributed by atoms with van der Waals surface area (Å²) in [6.45, 7) is 24.2. The Bertz CT molecular complexity index is 5870. The number of hydrogen-bond donors (Lipinski definition) is 0. The number of hydrogen-bond acceptors (Lipinski definition) is 6. The second-order valence-electron chi connectivity index (χ2n) is 34.6. The summed E-state index contributed by atoms with van der Waals surface area (Å²) in [5.41, 5.74) is 14.3. The Labute approximate surface area is 757 Å². The molecule has 12 aromatic rings. The molecule has 676 valence electrons. The molecule has 21 heteroatoms. The Hall–Kier alpha value is -11.5. The zero-order chi connectivity index (χ0) is 95.1. The van der Waals surface area contributed by atoms with Crippen LogP contribution in [0.25, 0.3) is 89.0 Å². The topological polar surface area (TPSA) is 88.6 Å². The summed E-state index contributed by atoms with van der Waals surface area (Å²) in [6, 6.07) is 70.3. The summed E-state index contributed by atoms with van der Waals surface area (Å²) in [4.78, 5) is 63.5. The number of rotatable bonds is 26. The molecule has 0 aliphatic carbocycles. The quantitative estimate of drug-likeness (QED) is 0.0396. The standard InChI is InChI=1S/C28H30F3NO.C28H27F3O2.C26H23ClF4O.C26H24ClF3O/c1-18(2)13-27(19(3)33)24-15-22(20-9-11-25(12-10-20)28(29,30)31)14-23(16-24)21-7-6-8-26(17-21)32(4)5;1-17(2)13-27(19(4)33)25-15-23(21-7-5-20(6-8-21)18(3)32)14-24(16-25)22-9-11-26(12-10-22)28(29,30)31;1-15(2)10-23(16(3)32)21-12-19(17-4-7-22(8-5-17)26(29,30)31)11-20(13-21)18-6-9-24(27)25(28)14-18;1-16(2)12-25(17(3)31)22-14-20(18-4-8-23(9-5-18)26(28,29)30)13-21(15-22)19-6-10-24(27)11-7-19/h6-12,14-18,27H,13H2,1-5H3;5-12,14-17,27H,13H2,1-4H3;4-9,11-15,23H,10H2,1-3H3;4-11,13-16,25H,12H2,1-3H3/t;;23-;25-/m..00/s1. The summed E-state index contributed by atoms with van der Waals surface area (Å²) < 4.78 is 170. The molecule has 0 radical (unpaired) electrons. The van der Waals surface area contributed by atoms with E-state index in [0.29, 0.717) is 93.0 Å². The average Bonchev–Trinajstić information content (AvgIpc) is 0.803. The summed E-state index contributed by atoms with van der Waals surface area (Å²) >= 11 is 11.8. The van der Waals surface area contributed by atoms with Crippen LogP contribution in [0.15, 0.2) is 261 Å². The number of nitrogens with zero attached hydrogens (tertiary/aromatic N) is 1. The third-order valence-corrected chi connectivity index (χ3v) is 22.7. The first kappa shape index (κ1) is 101. The summed E-state index contributed by atoms with van der Waals surface area (Å²) in [6.07, 6.45) is -14.9. The van der Waals surface area contributed by atoms with Gasteiger partial charge in [-0.2, -0.15) is 52.7 Å². The summed E-state index contributed by atoms with van der Waals surface area (Å²) in [5.74, 6) is -0.432. The molecule has 0 aliphatic rings. The summed E-state index contributed by atoms with van der Waals surface area (Å²) in [5, 5.41) is 0.610. The number of benzene rings is 12. The Kier molecular flexibility index (Phi) is 34.3. The van der Waals surface area contributed by atoms with Crippen LogP contribution in [-0.4, -0.2) is 43.0 Å². The van der Waals surface area contributed by atoms with Gasteiger partial charge in [0.1, 0.15) is 29.0 Å². The Morgan fingerprint density at radius 3 is 0.721 bits per heavy atom. The SMILES string of the molecule is CC(=O)C(CC(C)C)c1cc(-c2ccc(C(F)(F)F)cc2)cc(-c2cccc(N(C)C)c2)c1.CC(=O)[C@H](CC(C)C)c1cc(-c2ccc(C(F)(F)F)cc2)cc(-c2ccc(Cl)c(F)c2)c1.CC(=O)[C@H](CC(C)C)c1cc(-c2ccc(Cl)cc2)cc(-c2ccc(C(F)(F)F)cc2)c1.CC(=O)c1ccc(-c2cc(-c3ccc(C(F)(F)F)cc3)cc(C(CC(C)C)C(C)=O)c2)cc1. The van der Waals surface area contributed by atoms with E-state index < -0.39 is 52.8 Å². The van der Waals surface area contributed by atoms with Crippen molar-refractivity contribution in [3.8, 4) is 89.0 Å². The van der Waals surface area contributed by atoms with Gasteiger partial charge in [-0.3, -0.25) is 24.0 Å². The molecule has 0 N–H and O–H groups in total. The van der Waals surface area contributed by atoms with E-state index in [4.69, 9.17) is 23.2 Å². The predicted octanol–water partition coefficient (Wildman–Crippen LogP) is 32.7. The van der Waals surface area contributed by atoms with Gasteiger partial charge in [-0.1, -0.05) is 230 Å². The van der Waals surface area contributed by atoms with E-state index in [9.17, 15) is 81.0 Å². The minimum atomic E-state index is -4.43. The molecule has 129 heavy (non-hydrogen) atoms. The third-order valence-electron chi connectivity index (χ3n) is 22.2. The molecule has 0 saturated heterocycles. The molecular formula is C108H104Cl2F13NO5. The lowest BCUT2D eigenvalue weighted by Crippen LogP contribution is -2.12. The minimum absolute atomic E-state index is 0.00324. The second-order valence-corrected chi connectivity index (χ2v) is 35.4. The fraction of sp³-hybridized carbons (Fsp3) is 0.287. The van der Waals surface area contributed by atoms with Crippen LogP contribution >= 0.6 is 23.2 Å². The van der Waals surface area contributed by atoms with Crippen molar-refractivity contribution in [3.63, 3.8) is 0 Å². The molecular weight excluding hydrogens is 1710 g/mol. The van der Waals surface area contributed by atoms with Crippen LogP contribution in [0.5, 0.6) is 0 Å².